The second kappa shape index (κ2) is 9.10. The molecular weight excluding hydrogens is 426 g/mol. The molecule has 1 fully saturated rings. The van der Waals surface area contributed by atoms with E-state index in [1.54, 1.807) is 36.4 Å². The number of hydrogen-bond acceptors (Lipinski definition) is 4. The fraction of sp³-hybridized carbons (Fsp3) is 0.250. The van der Waals surface area contributed by atoms with Gasteiger partial charge in [0.1, 0.15) is 0 Å². The van der Waals surface area contributed by atoms with E-state index in [0.717, 1.165) is 29.2 Å². The first kappa shape index (κ1) is 22.0. The number of sulfonamides is 1. The molecule has 1 aliphatic carbocycles. The molecule has 0 radical (unpaired) electrons. The summed E-state index contributed by atoms with van der Waals surface area (Å²) in [6.45, 7) is 2.03. The van der Waals surface area contributed by atoms with Crippen LogP contribution in [0.25, 0.3) is 10.8 Å². The van der Waals surface area contributed by atoms with Crippen LogP contribution in [0.4, 0.5) is 5.69 Å². The number of carbonyl (C=O) groups is 2. The number of hydrogen-bond donors (Lipinski definition) is 3. The van der Waals surface area contributed by atoms with Gasteiger partial charge in [0.05, 0.1) is 16.1 Å². The largest absolute Gasteiger partial charge is 0.351 e. The molecule has 0 saturated heterocycles. The van der Waals surface area contributed by atoms with Crippen molar-refractivity contribution in [2.45, 2.75) is 24.7 Å². The maximum atomic E-state index is 12.9. The van der Waals surface area contributed by atoms with Crippen LogP contribution >= 0.6 is 0 Å². The maximum absolute atomic E-state index is 12.9. The molecule has 0 heterocycles. The molecule has 4 rings (SSSR count). The molecule has 8 heteroatoms. The van der Waals surface area contributed by atoms with Gasteiger partial charge in [0, 0.05) is 19.0 Å². The van der Waals surface area contributed by atoms with Crippen molar-refractivity contribution in [3.05, 3.63) is 71.8 Å². The Morgan fingerprint density at radius 3 is 2.25 bits per heavy atom. The number of benzene rings is 3. The van der Waals surface area contributed by atoms with Gasteiger partial charge >= 0.3 is 0 Å². The molecule has 0 spiro atoms. The zero-order chi connectivity index (χ0) is 22.7. The fourth-order valence-corrected chi connectivity index (χ4v) is 4.40. The molecule has 1 saturated carbocycles. The lowest BCUT2D eigenvalue weighted by Crippen LogP contribution is -2.35. The Morgan fingerprint density at radius 2 is 1.59 bits per heavy atom. The van der Waals surface area contributed by atoms with Crippen molar-refractivity contribution in [3.63, 3.8) is 0 Å². The van der Waals surface area contributed by atoms with E-state index in [1.165, 1.54) is 0 Å². The summed E-state index contributed by atoms with van der Waals surface area (Å²) < 4.78 is 27.2. The van der Waals surface area contributed by atoms with Gasteiger partial charge in [-0.15, -0.1) is 0 Å². The molecule has 2 amide bonds. The number of anilines is 1. The van der Waals surface area contributed by atoms with E-state index in [1.807, 2.05) is 31.2 Å². The number of amides is 2. The van der Waals surface area contributed by atoms with Crippen molar-refractivity contribution in [2.24, 2.45) is 5.92 Å². The van der Waals surface area contributed by atoms with Crippen LogP contribution in [0.5, 0.6) is 0 Å². The van der Waals surface area contributed by atoms with Gasteiger partial charge in [0.15, 0.2) is 0 Å². The van der Waals surface area contributed by atoms with Crippen molar-refractivity contribution < 1.29 is 18.0 Å². The third-order valence-electron chi connectivity index (χ3n) is 5.37. The van der Waals surface area contributed by atoms with Gasteiger partial charge < -0.3 is 10.6 Å². The standard InChI is InChI=1S/C24H25N3O4S/c1-16-6-10-20(11-7-16)32(30,31)26-13-12-25-24(29)21-14-18-4-2-3-5-19(18)15-22(21)27-23(28)17-8-9-17/h2-7,10-11,14-15,17,26H,8-9,12-13H2,1H3,(H,25,29)(H,27,28). The monoisotopic (exact) mass is 451 g/mol. The van der Waals surface area contributed by atoms with Gasteiger partial charge in [-0.1, -0.05) is 42.0 Å². The van der Waals surface area contributed by atoms with E-state index >= 15 is 0 Å². The quantitative estimate of drug-likeness (QED) is 0.458. The molecule has 7 nitrogen and oxygen atoms in total. The molecule has 3 N–H and O–H groups in total. The van der Waals surface area contributed by atoms with Gasteiger partial charge in [-0.3, -0.25) is 9.59 Å². The first-order valence-corrected chi connectivity index (χ1v) is 12.0. The minimum Gasteiger partial charge on any atom is -0.351 e. The van der Waals surface area contributed by atoms with Crippen LogP contribution in [0.1, 0.15) is 28.8 Å². The highest BCUT2D eigenvalue weighted by atomic mass is 32.2. The van der Waals surface area contributed by atoms with E-state index < -0.39 is 10.0 Å². The van der Waals surface area contributed by atoms with Crippen molar-refractivity contribution in [1.29, 1.82) is 0 Å². The molecule has 0 bridgehead atoms. The lowest BCUT2D eigenvalue weighted by molar-refractivity contribution is -0.117. The minimum absolute atomic E-state index is 0.00793. The van der Waals surface area contributed by atoms with Gasteiger partial charge in [-0.05, 0) is 54.8 Å². The fourth-order valence-electron chi connectivity index (χ4n) is 3.37. The Labute approximate surface area is 187 Å². The predicted molar refractivity (Wildman–Crippen MR) is 124 cm³/mol. The molecule has 0 aliphatic heterocycles. The average molecular weight is 452 g/mol. The van der Waals surface area contributed by atoms with Crippen LogP contribution < -0.4 is 15.4 Å². The summed E-state index contributed by atoms with van der Waals surface area (Å²) >= 11 is 0. The maximum Gasteiger partial charge on any atom is 0.253 e. The van der Waals surface area contributed by atoms with Crippen LogP contribution in [-0.4, -0.2) is 33.3 Å². The summed E-state index contributed by atoms with van der Waals surface area (Å²) in [5, 5.41) is 7.41. The smallest absolute Gasteiger partial charge is 0.253 e. The Balaban J connectivity index is 1.43. The second-order valence-corrected chi connectivity index (χ2v) is 9.74. The zero-order valence-corrected chi connectivity index (χ0v) is 18.5. The first-order valence-electron chi connectivity index (χ1n) is 10.5. The summed E-state index contributed by atoms with van der Waals surface area (Å²) in [5.74, 6) is -0.454. The zero-order valence-electron chi connectivity index (χ0n) is 17.7. The van der Waals surface area contributed by atoms with Crippen LogP contribution in [0.2, 0.25) is 0 Å². The highest BCUT2D eigenvalue weighted by Gasteiger charge is 2.30. The minimum atomic E-state index is -3.65. The van der Waals surface area contributed by atoms with Crippen molar-refractivity contribution in [1.82, 2.24) is 10.0 Å². The molecular formula is C24H25N3O4S. The highest BCUT2D eigenvalue weighted by molar-refractivity contribution is 7.89. The summed E-state index contributed by atoms with van der Waals surface area (Å²) in [6, 6.07) is 17.7. The van der Waals surface area contributed by atoms with Gasteiger partial charge in [-0.2, -0.15) is 0 Å². The van der Waals surface area contributed by atoms with Gasteiger partial charge in [-0.25, -0.2) is 13.1 Å². The molecule has 0 atom stereocenters. The van der Waals surface area contributed by atoms with E-state index in [-0.39, 0.29) is 35.7 Å². The van der Waals surface area contributed by atoms with E-state index in [2.05, 4.69) is 15.4 Å². The Morgan fingerprint density at radius 1 is 0.938 bits per heavy atom. The second-order valence-electron chi connectivity index (χ2n) is 7.98. The highest BCUT2D eigenvalue weighted by Crippen LogP contribution is 2.32. The van der Waals surface area contributed by atoms with E-state index in [9.17, 15) is 18.0 Å². The van der Waals surface area contributed by atoms with Gasteiger partial charge in [0.25, 0.3) is 5.91 Å². The van der Waals surface area contributed by atoms with Gasteiger partial charge in [0.2, 0.25) is 15.9 Å². The van der Waals surface area contributed by atoms with Crippen LogP contribution in [0, 0.1) is 12.8 Å². The molecule has 3 aromatic carbocycles. The number of aryl methyl sites for hydroxylation is 1. The molecule has 0 aromatic heterocycles. The molecule has 166 valence electrons. The lowest BCUT2D eigenvalue weighted by atomic mass is 10.0. The van der Waals surface area contributed by atoms with Crippen LogP contribution in [-0.2, 0) is 14.8 Å². The van der Waals surface area contributed by atoms with Crippen molar-refractivity contribution >= 4 is 38.3 Å². The lowest BCUT2D eigenvalue weighted by Gasteiger charge is -2.13. The normalized spacial score (nSPS) is 13.7. The summed E-state index contributed by atoms with van der Waals surface area (Å²) in [6.07, 6.45) is 1.73. The Kier molecular flexibility index (Phi) is 6.25. The topological polar surface area (TPSA) is 104 Å². The first-order chi connectivity index (χ1) is 15.3. The van der Waals surface area contributed by atoms with Crippen LogP contribution in [0.3, 0.4) is 0 Å². The Hall–Kier alpha value is -3.23. The number of carbonyl (C=O) groups excluding carboxylic acids is 2. The molecule has 32 heavy (non-hydrogen) atoms. The van der Waals surface area contributed by atoms with E-state index in [0.29, 0.717) is 11.3 Å². The third-order valence-corrected chi connectivity index (χ3v) is 6.85. The number of fused-ring (bicyclic) bond motifs is 1. The van der Waals surface area contributed by atoms with Crippen LogP contribution in [0.15, 0.2) is 65.6 Å². The predicted octanol–water partition coefficient (Wildman–Crippen LogP) is 3.21. The SMILES string of the molecule is Cc1ccc(S(=O)(=O)NCCNC(=O)c2cc3ccccc3cc2NC(=O)C2CC2)cc1. The summed E-state index contributed by atoms with van der Waals surface area (Å²) in [7, 11) is -3.65. The average Bonchev–Trinajstić information content (AvgIpc) is 3.62. The Bertz CT molecular complexity index is 1270. The third kappa shape index (κ3) is 5.15. The van der Waals surface area contributed by atoms with E-state index in [4.69, 9.17) is 0 Å². The molecule has 3 aromatic rings. The molecule has 0 unspecified atom stereocenters. The molecule has 1 aliphatic rings. The number of rotatable bonds is 8. The summed E-state index contributed by atoms with van der Waals surface area (Å²) in [4.78, 5) is 25.3. The summed E-state index contributed by atoms with van der Waals surface area (Å²) in [5.41, 5.74) is 1.77. The van der Waals surface area contributed by atoms with Crippen molar-refractivity contribution in [2.75, 3.05) is 18.4 Å². The number of nitrogens with one attached hydrogen (secondary N) is 3. The van der Waals surface area contributed by atoms with Crippen molar-refractivity contribution in [3.8, 4) is 0 Å².